The van der Waals surface area contributed by atoms with Crippen LogP contribution in [-0.4, -0.2) is 25.9 Å². The van der Waals surface area contributed by atoms with Crippen molar-refractivity contribution in [3.05, 3.63) is 29.3 Å². The number of hydrogen-bond acceptors (Lipinski definition) is 3. The van der Waals surface area contributed by atoms with Gasteiger partial charge in [0.15, 0.2) is 0 Å². The molecular formula is C15H25NO2. The van der Waals surface area contributed by atoms with Gasteiger partial charge in [-0.25, -0.2) is 0 Å². The molecule has 1 unspecified atom stereocenters. The maximum Gasteiger partial charge on any atom is 0.123 e. The van der Waals surface area contributed by atoms with Gasteiger partial charge in [0.2, 0.25) is 0 Å². The molecule has 2 N–H and O–H groups in total. The van der Waals surface area contributed by atoms with Gasteiger partial charge in [0, 0.05) is 18.2 Å². The fourth-order valence-electron chi connectivity index (χ4n) is 2.13. The number of benzene rings is 1. The first-order valence-corrected chi connectivity index (χ1v) is 6.60. The van der Waals surface area contributed by atoms with Crippen molar-refractivity contribution in [3.63, 3.8) is 0 Å². The van der Waals surface area contributed by atoms with Crippen molar-refractivity contribution in [2.75, 3.05) is 20.8 Å². The van der Waals surface area contributed by atoms with Crippen molar-refractivity contribution < 1.29 is 9.84 Å². The largest absolute Gasteiger partial charge is 0.496 e. The number of nitrogens with one attached hydrogen (secondary N) is 1. The quantitative estimate of drug-likeness (QED) is 0.783. The summed E-state index contributed by atoms with van der Waals surface area (Å²) in [5.74, 6) is 1.43. The minimum atomic E-state index is 0.227. The third kappa shape index (κ3) is 3.72. The van der Waals surface area contributed by atoms with Crippen LogP contribution in [0.15, 0.2) is 18.2 Å². The summed E-state index contributed by atoms with van der Waals surface area (Å²) < 4.78 is 5.50. The maximum atomic E-state index is 8.94. The Labute approximate surface area is 110 Å². The van der Waals surface area contributed by atoms with Gasteiger partial charge < -0.3 is 15.2 Å². The molecule has 0 radical (unpaired) electrons. The van der Waals surface area contributed by atoms with Crippen LogP contribution in [0, 0.1) is 0 Å². The summed E-state index contributed by atoms with van der Waals surface area (Å²) in [6.45, 7) is 4.58. The predicted molar refractivity (Wildman–Crippen MR) is 75.2 cm³/mol. The molecule has 1 aromatic rings. The Kier molecular flexibility index (Phi) is 6.16. The van der Waals surface area contributed by atoms with E-state index in [-0.39, 0.29) is 12.6 Å². The lowest BCUT2D eigenvalue weighted by Gasteiger charge is -2.20. The lowest BCUT2D eigenvalue weighted by atomic mass is 9.96. The molecule has 0 saturated carbocycles. The molecule has 1 rings (SSSR count). The second-order valence-corrected chi connectivity index (χ2v) is 4.86. The number of hydrogen-bond donors (Lipinski definition) is 2. The van der Waals surface area contributed by atoms with Crippen LogP contribution >= 0.6 is 0 Å². The Morgan fingerprint density at radius 3 is 2.56 bits per heavy atom. The summed E-state index contributed by atoms with van der Waals surface area (Å²) >= 11 is 0. The molecule has 0 saturated heterocycles. The van der Waals surface area contributed by atoms with Gasteiger partial charge in [0.1, 0.15) is 5.75 Å². The summed E-state index contributed by atoms with van der Waals surface area (Å²) in [7, 11) is 3.65. The van der Waals surface area contributed by atoms with E-state index in [1.807, 2.05) is 7.05 Å². The zero-order chi connectivity index (χ0) is 13.5. The topological polar surface area (TPSA) is 41.5 Å². The minimum Gasteiger partial charge on any atom is -0.496 e. The highest BCUT2D eigenvalue weighted by molar-refractivity contribution is 5.40. The van der Waals surface area contributed by atoms with Crippen molar-refractivity contribution in [3.8, 4) is 5.75 Å². The Hall–Kier alpha value is -1.06. The lowest BCUT2D eigenvalue weighted by molar-refractivity contribution is 0.275. The highest BCUT2D eigenvalue weighted by Gasteiger charge is 2.15. The molecule has 3 nitrogen and oxygen atoms in total. The monoisotopic (exact) mass is 251 g/mol. The summed E-state index contributed by atoms with van der Waals surface area (Å²) in [6, 6.07) is 6.63. The van der Waals surface area contributed by atoms with Gasteiger partial charge in [-0.1, -0.05) is 26.0 Å². The standard InChI is InChI=1S/C15H25NO2/c1-11(2)12-7-8-13(15(10-12)18-4)14(16-3)6-5-9-17/h7-8,10-11,14,16-17H,5-6,9H2,1-4H3. The average Bonchev–Trinajstić information content (AvgIpc) is 2.39. The third-order valence-corrected chi connectivity index (χ3v) is 3.30. The molecule has 0 aliphatic carbocycles. The van der Waals surface area contributed by atoms with Crippen LogP contribution in [-0.2, 0) is 0 Å². The third-order valence-electron chi connectivity index (χ3n) is 3.30. The first-order chi connectivity index (χ1) is 8.63. The lowest BCUT2D eigenvalue weighted by Crippen LogP contribution is -2.17. The predicted octanol–water partition coefficient (Wildman–Crippen LogP) is 2.85. The molecule has 3 heteroatoms. The Morgan fingerprint density at radius 2 is 2.06 bits per heavy atom. The average molecular weight is 251 g/mol. The fourth-order valence-corrected chi connectivity index (χ4v) is 2.13. The zero-order valence-electron chi connectivity index (χ0n) is 11.9. The Morgan fingerprint density at radius 1 is 1.33 bits per heavy atom. The first-order valence-electron chi connectivity index (χ1n) is 6.60. The van der Waals surface area contributed by atoms with Gasteiger partial charge >= 0.3 is 0 Å². The second kappa shape index (κ2) is 7.39. The van der Waals surface area contributed by atoms with Crippen molar-refractivity contribution in [1.29, 1.82) is 0 Å². The zero-order valence-corrected chi connectivity index (χ0v) is 11.9. The van der Waals surface area contributed by atoms with Crippen LogP contribution in [0.3, 0.4) is 0 Å². The number of rotatable bonds is 7. The maximum absolute atomic E-state index is 8.94. The molecule has 102 valence electrons. The number of methoxy groups -OCH3 is 1. The first kappa shape index (κ1) is 15.0. The number of aliphatic hydroxyl groups is 1. The van der Waals surface area contributed by atoms with E-state index < -0.39 is 0 Å². The van der Waals surface area contributed by atoms with Gasteiger partial charge in [0.05, 0.1) is 7.11 Å². The Balaban J connectivity index is 2.98. The summed E-state index contributed by atoms with van der Waals surface area (Å²) in [5.41, 5.74) is 2.45. The highest BCUT2D eigenvalue weighted by Crippen LogP contribution is 2.31. The van der Waals surface area contributed by atoms with Crippen molar-refractivity contribution >= 4 is 0 Å². The molecule has 0 aromatic heterocycles. The smallest absolute Gasteiger partial charge is 0.123 e. The van der Waals surface area contributed by atoms with Gasteiger partial charge in [-0.2, -0.15) is 0 Å². The molecular weight excluding hydrogens is 226 g/mol. The van der Waals surface area contributed by atoms with Crippen molar-refractivity contribution in [2.45, 2.75) is 38.6 Å². The summed E-state index contributed by atoms with van der Waals surface area (Å²) in [5, 5.41) is 12.2. The molecule has 0 fully saturated rings. The van der Waals surface area contributed by atoms with Crippen LogP contribution < -0.4 is 10.1 Å². The van der Waals surface area contributed by atoms with E-state index in [9.17, 15) is 0 Å². The molecule has 18 heavy (non-hydrogen) atoms. The van der Waals surface area contributed by atoms with Crippen molar-refractivity contribution in [2.24, 2.45) is 0 Å². The summed E-state index contributed by atoms with van der Waals surface area (Å²) in [4.78, 5) is 0. The fraction of sp³-hybridized carbons (Fsp3) is 0.600. The molecule has 0 spiro atoms. The van der Waals surface area contributed by atoms with Crippen LogP contribution in [0.5, 0.6) is 5.75 Å². The van der Waals surface area contributed by atoms with E-state index in [1.165, 1.54) is 5.56 Å². The number of aliphatic hydroxyl groups excluding tert-OH is 1. The normalized spacial score (nSPS) is 12.8. The molecule has 1 atom stereocenters. The van der Waals surface area contributed by atoms with E-state index in [0.29, 0.717) is 5.92 Å². The molecule has 0 aliphatic rings. The molecule has 0 amide bonds. The van der Waals surface area contributed by atoms with Crippen molar-refractivity contribution in [1.82, 2.24) is 5.32 Å². The SMILES string of the molecule is CNC(CCCO)c1ccc(C(C)C)cc1OC. The minimum absolute atomic E-state index is 0.227. The van der Waals surface area contributed by atoms with Crippen LogP contribution in [0.25, 0.3) is 0 Å². The van der Waals surface area contributed by atoms with E-state index in [2.05, 4.69) is 37.4 Å². The molecule has 0 aliphatic heterocycles. The van der Waals surface area contributed by atoms with Gasteiger partial charge in [0.25, 0.3) is 0 Å². The van der Waals surface area contributed by atoms with Gasteiger partial charge in [-0.3, -0.25) is 0 Å². The van der Waals surface area contributed by atoms with E-state index in [1.54, 1.807) is 7.11 Å². The molecule has 0 bridgehead atoms. The second-order valence-electron chi connectivity index (χ2n) is 4.86. The van der Waals surface area contributed by atoms with Gasteiger partial charge in [-0.15, -0.1) is 0 Å². The molecule has 0 heterocycles. The van der Waals surface area contributed by atoms with Crippen LogP contribution in [0.2, 0.25) is 0 Å². The summed E-state index contributed by atoms with van der Waals surface area (Å²) in [6.07, 6.45) is 1.70. The van der Waals surface area contributed by atoms with E-state index in [0.717, 1.165) is 24.2 Å². The van der Waals surface area contributed by atoms with Gasteiger partial charge in [-0.05, 0) is 37.4 Å². The van der Waals surface area contributed by atoms with Crippen LogP contribution in [0.1, 0.15) is 49.8 Å². The number of ether oxygens (including phenoxy) is 1. The van der Waals surface area contributed by atoms with E-state index in [4.69, 9.17) is 9.84 Å². The van der Waals surface area contributed by atoms with E-state index >= 15 is 0 Å². The van der Waals surface area contributed by atoms with Crippen LogP contribution in [0.4, 0.5) is 0 Å². The highest BCUT2D eigenvalue weighted by atomic mass is 16.5. The molecule has 1 aromatic carbocycles. The Bertz CT molecular complexity index is 364.